The molecular weight excluding hydrogens is 450 g/mol. The number of likely N-dealkylation sites (tertiary alicyclic amines) is 1. The van der Waals surface area contributed by atoms with E-state index in [0.29, 0.717) is 27.7 Å². The summed E-state index contributed by atoms with van der Waals surface area (Å²) >= 11 is 5.96. The second-order valence-electron chi connectivity index (χ2n) is 8.96. The number of nitriles is 1. The second-order valence-corrected chi connectivity index (χ2v) is 9.39. The van der Waals surface area contributed by atoms with E-state index in [0.717, 1.165) is 31.5 Å². The minimum absolute atomic E-state index is 0.0130. The average Bonchev–Trinajstić information content (AvgIpc) is 3.17. The van der Waals surface area contributed by atoms with Crippen molar-refractivity contribution in [2.45, 2.75) is 45.7 Å². The van der Waals surface area contributed by atoms with Crippen molar-refractivity contribution in [3.63, 3.8) is 0 Å². The van der Waals surface area contributed by atoms with Crippen LogP contribution in [0.25, 0.3) is 10.9 Å². The van der Waals surface area contributed by atoms with E-state index in [2.05, 4.69) is 35.5 Å². The monoisotopic (exact) mass is 477 g/mol. The summed E-state index contributed by atoms with van der Waals surface area (Å²) in [5.74, 6) is -0.415. The molecule has 0 spiro atoms. The van der Waals surface area contributed by atoms with E-state index in [4.69, 9.17) is 11.6 Å². The van der Waals surface area contributed by atoms with E-state index in [1.807, 2.05) is 19.1 Å². The highest BCUT2D eigenvalue weighted by Gasteiger charge is 2.30. The first-order valence-corrected chi connectivity index (χ1v) is 11.8. The van der Waals surface area contributed by atoms with Crippen molar-refractivity contribution in [1.29, 1.82) is 5.26 Å². The molecule has 2 N–H and O–H groups in total. The molecule has 0 saturated carbocycles. The molecule has 0 unspecified atom stereocenters. The van der Waals surface area contributed by atoms with Crippen LogP contribution in [0.3, 0.4) is 0 Å². The Balaban J connectivity index is 1.71. The van der Waals surface area contributed by atoms with Crippen molar-refractivity contribution in [2.24, 2.45) is 0 Å². The minimum atomic E-state index is -0.511. The SMILES string of the molecule is Cc1cccc2c(C#N)c(C(=O)NC3CCN(C(C)C)CC3)n(C(=O)Nc3ccc(Cl)cc3)c12. The Hall–Kier alpha value is -3.34. The topological polar surface area (TPSA) is 90.2 Å². The van der Waals surface area contributed by atoms with Gasteiger partial charge in [0.1, 0.15) is 11.8 Å². The highest BCUT2D eigenvalue weighted by atomic mass is 35.5. The van der Waals surface area contributed by atoms with Crippen LogP contribution in [-0.4, -0.2) is 46.6 Å². The van der Waals surface area contributed by atoms with Gasteiger partial charge in [-0.15, -0.1) is 0 Å². The van der Waals surface area contributed by atoms with Gasteiger partial charge >= 0.3 is 6.03 Å². The number of nitrogens with one attached hydrogen (secondary N) is 2. The molecule has 1 aromatic heterocycles. The molecule has 1 saturated heterocycles. The van der Waals surface area contributed by atoms with Crippen LogP contribution in [0, 0.1) is 18.3 Å². The lowest BCUT2D eigenvalue weighted by Crippen LogP contribution is -2.47. The fraction of sp³-hybridized carbons (Fsp3) is 0.346. The molecule has 7 nitrogen and oxygen atoms in total. The molecule has 4 rings (SSSR count). The van der Waals surface area contributed by atoms with E-state index >= 15 is 0 Å². The summed E-state index contributed by atoms with van der Waals surface area (Å²) in [6.45, 7) is 7.98. The number of hydrogen-bond donors (Lipinski definition) is 2. The van der Waals surface area contributed by atoms with Crippen molar-refractivity contribution >= 4 is 40.1 Å². The van der Waals surface area contributed by atoms with E-state index in [1.54, 1.807) is 30.3 Å². The number of hydrogen-bond acceptors (Lipinski definition) is 4. The number of rotatable bonds is 4. The van der Waals surface area contributed by atoms with Crippen molar-refractivity contribution in [3.05, 3.63) is 64.3 Å². The first-order valence-electron chi connectivity index (χ1n) is 11.5. The molecule has 2 heterocycles. The van der Waals surface area contributed by atoms with Gasteiger partial charge in [-0.05, 0) is 63.4 Å². The molecule has 3 aromatic rings. The minimum Gasteiger partial charge on any atom is -0.348 e. The smallest absolute Gasteiger partial charge is 0.331 e. The Morgan fingerprint density at radius 2 is 1.79 bits per heavy atom. The van der Waals surface area contributed by atoms with Crippen LogP contribution in [0.4, 0.5) is 10.5 Å². The highest BCUT2D eigenvalue weighted by Crippen LogP contribution is 2.29. The van der Waals surface area contributed by atoms with Crippen LogP contribution >= 0.6 is 11.6 Å². The van der Waals surface area contributed by atoms with Crippen molar-refractivity contribution in [1.82, 2.24) is 14.8 Å². The number of para-hydroxylation sites is 1. The quantitative estimate of drug-likeness (QED) is 0.543. The summed E-state index contributed by atoms with van der Waals surface area (Å²) in [5.41, 5.74) is 2.14. The Kier molecular flexibility index (Phi) is 6.92. The Labute approximate surface area is 204 Å². The summed E-state index contributed by atoms with van der Waals surface area (Å²) in [7, 11) is 0. The summed E-state index contributed by atoms with van der Waals surface area (Å²) in [6.07, 6.45) is 1.64. The molecule has 0 bridgehead atoms. The van der Waals surface area contributed by atoms with Crippen LogP contribution in [0.1, 0.15) is 48.3 Å². The zero-order chi connectivity index (χ0) is 24.4. The van der Waals surface area contributed by atoms with Gasteiger partial charge in [0.25, 0.3) is 5.91 Å². The Morgan fingerprint density at radius 3 is 2.41 bits per heavy atom. The van der Waals surface area contributed by atoms with Gasteiger partial charge in [-0.2, -0.15) is 5.26 Å². The maximum atomic E-state index is 13.5. The second kappa shape index (κ2) is 9.88. The van der Waals surface area contributed by atoms with Gasteiger partial charge in [0.05, 0.1) is 11.1 Å². The third-order valence-electron chi connectivity index (χ3n) is 6.41. The molecule has 0 aliphatic carbocycles. The van der Waals surface area contributed by atoms with E-state index in [-0.39, 0.29) is 17.3 Å². The molecule has 1 aliphatic heterocycles. The number of nitrogens with zero attached hydrogens (tertiary/aromatic N) is 3. The number of aryl methyl sites for hydroxylation is 1. The number of amides is 2. The fourth-order valence-electron chi connectivity index (χ4n) is 4.57. The van der Waals surface area contributed by atoms with Gasteiger partial charge in [0.2, 0.25) is 0 Å². The summed E-state index contributed by atoms with van der Waals surface area (Å²) in [5, 5.41) is 17.0. The number of benzene rings is 2. The molecule has 176 valence electrons. The van der Waals surface area contributed by atoms with Gasteiger partial charge in [-0.1, -0.05) is 29.8 Å². The summed E-state index contributed by atoms with van der Waals surface area (Å²) in [4.78, 5) is 29.3. The zero-order valence-corrected chi connectivity index (χ0v) is 20.3. The average molecular weight is 478 g/mol. The number of carbonyl (C=O) groups excluding carboxylic acids is 2. The summed E-state index contributed by atoms with van der Waals surface area (Å²) < 4.78 is 1.33. The lowest BCUT2D eigenvalue weighted by molar-refractivity contribution is 0.0893. The van der Waals surface area contributed by atoms with Gasteiger partial charge < -0.3 is 15.5 Å². The van der Waals surface area contributed by atoms with Gasteiger partial charge in [-0.25, -0.2) is 4.79 Å². The number of halogens is 1. The maximum absolute atomic E-state index is 13.5. The molecular formula is C26H28ClN5O2. The molecule has 2 aromatic carbocycles. The van der Waals surface area contributed by atoms with Crippen LogP contribution in [0.5, 0.6) is 0 Å². The highest BCUT2D eigenvalue weighted by molar-refractivity contribution is 6.30. The third-order valence-corrected chi connectivity index (χ3v) is 6.66. The first kappa shape index (κ1) is 23.8. The van der Waals surface area contributed by atoms with E-state index in [9.17, 15) is 14.9 Å². The van der Waals surface area contributed by atoms with Crippen molar-refractivity contribution in [2.75, 3.05) is 18.4 Å². The molecule has 0 radical (unpaired) electrons. The lowest BCUT2D eigenvalue weighted by Gasteiger charge is -2.34. The lowest BCUT2D eigenvalue weighted by atomic mass is 10.0. The molecule has 34 heavy (non-hydrogen) atoms. The number of carbonyl (C=O) groups is 2. The Morgan fingerprint density at radius 1 is 1.12 bits per heavy atom. The number of aromatic nitrogens is 1. The Bertz CT molecular complexity index is 1270. The third kappa shape index (κ3) is 4.65. The normalized spacial score (nSPS) is 14.8. The fourth-order valence-corrected chi connectivity index (χ4v) is 4.69. The van der Waals surface area contributed by atoms with Gasteiger partial charge in [-0.3, -0.25) is 9.36 Å². The van der Waals surface area contributed by atoms with Gasteiger partial charge in [0, 0.05) is 41.3 Å². The molecule has 1 aliphatic rings. The zero-order valence-electron chi connectivity index (χ0n) is 19.6. The van der Waals surface area contributed by atoms with Crippen LogP contribution in [0.15, 0.2) is 42.5 Å². The maximum Gasteiger partial charge on any atom is 0.331 e. The van der Waals surface area contributed by atoms with E-state index in [1.165, 1.54) is 4.57 Å². The van der Waals surface area contributed by atoms with Crippen LogP contribution < -0.4 is 10.6 Å². The number of fused-ring (bicyclic) bond motifs is 1. The predicted octanol–water partition coefficient (Wildman–Crippen LogP) is 5.16. The van der Waals surface area contributed by atoms with Crippen LogP contribution in [0.2, 0.25) is 5.02 Å². The van der Waals surface area contributed by atoms with E-state index < -0.39 is 11.9 Å². The van der Waals surface area contributed by atoms with Crippen LogP contribution in [-0.2, 0) is 0 Å². The number of anilines is 1. The van der Waals surface area contributed by atoms with Crippen molar-refractivity contribution in [3.8, 4) is 6.07 Å². The predicted molar refractivity (Wildman–Crippen MR) is 134 cm³/mol. The summed E-state index contributed by atoms with van der Waals surface area (Å²) in [6, 6.07) is 14.3. The number of piperidine rings is 1. The molecule has 2 amide bonds. The van der Waals surface area contributed by atoms with Crippen molar-refractivity contribution < 1.29 is 9.59 Å². The largest absolute Gasteiger partial charge is 0.348 e. The first-order chi connectivity index (χ1) is 16.3. The standard InChI is InChI=1S/C26H28ClN5O2/c1-16(2)31-13-11-20(12-14-31)29-25(33)24-22(15-28)21-6-4-5-17(3)23(21)32(24)26(34)30-19-9-7-18(27)8-10-19/h4-10,16,20H,11-14H2,1-3H3,(H,29,33)(H,30,34). The van der Waals surface area contributed by atoms with Gasteiger partial charge in [0.15, 0.2) is 0 Å². The molecule has 1 fully saturated rings. The molecule has 0 atom stereocenters. The molecule has 8 heteroatoms.